The maximum Gasteiger partial charge on any atom is 0.258 e. The molecule has 1 aromatic carbocycles. The summed E-state index contributed by atoms with van der Waals surface area (Å²) in [6.45, 7) is 2.84. The predicted octanol–water partition coefficient (Wildman–Crippen LogP) is 1.81. The summed E-state index contributed by atoms with van der Waals surface area (Å²) < 4.78 is 15.4. The van der Waals surface area contributed by atoms with E-state index in [9.17, 15) is 4.39 Å². The number of benzene rings is 1. The lowest BCUT2D eigenvalue weighted by atomic mass is 10.2. The van der Waals surface area contributed by atoms with Crippen molar-refractivity contribution in [1.82, 2.24) is 19.7 Å². The zero-order chi connectivity index (χ0) is 13.4. The number of nitrogens with zero attached hydrogens (tertiary/aromatic N) is 4. The molecule has 0 bridgehead atoms. The zero-order valence-electron chi connectivity index (χ0n) is 10.4. The number of halogens is 1. The molecule has 0 unspecified atom stereocenters. The number of hydrogen-bond acceptors (Lipinski definition) is 5. The number of nitrogen functional groups attached to an aromatic ring is 1. The molecule has 98 valence electrons. The number of hydrazine groups is 1. The highest BCUT2D eigenvalue weighted by atomic mass is 19.1. The second-order valence-electron chi connectivity index (χ2n) is 4.27. The minimum absolute atomic E-state index is 0.244. The van der Waals surface area contributed by atoms with Crippen LogP contribution in [0.1, 0.15) is 13.3 Å². The maximum atomic E-state index is 13.4. The Labute approximate surface area is 108 Å². The lowest BCUT2D eigenvalue weighted by molar-refractivity contribution is 0.629. The van der Waals surface area contributed by atoms with Crippen molar-refractivity contribution in [3.05, 3.63) is 24.0 Å². The Kier molecular flexibility index (Phi) is 2.75. The Hall–Kier alpha value is -2.28. The van der Waals surface area contributed by atoms with Gasteiger partial charge in [-0.2, -0.15) is 4.98 Å². The van der Waals surface area contributed by atoms with Gasteiger partial charge in [-0.3, -0.25) is 5.43 Å². The van der Waals surface area contributed by atoms with Gasteiger partial charge in [-0.15, -0.1) is 10.2 Å². The van der Waals surface area contributed by atoms with Crippen LogP contribution in [0.4, 0.5) is 10.3 Å². The van der Waals surface area contributed by atoms with Crippen molar-refractivity contribution in [3.63, 3.8) is 0 Å². The molecule has 19 heavy (non-hydrogen) atoms. The lowest BCUT2D eigenvalue weighted by Crippen LogP contribution is -2.11. The van der Waals surface area contributed by atoms with Crippen LogP contribution in [0.5, 0.6) is 0 Å². The van der Waals surface area contributed by atoms with Crippen molar-refractivity contribution < 1.29 is 4.39 Å². The molecule has 0 atom stereocenters. The average molecular weight is 260 g/mol. The Morgan fingerprint density at radius 1 is 1.37 bits per heavy atom. The van der Waals surface area contributed by atoms with E-state index in [-0.39, 0.29) is 11.8 Å². The SMILES string of the molecule is CCCn1c2ccc(F)cc2c2nnc(NN)nc21. The topological polar surface area (TPSA) is 81.7 Å². The maximum absolute atomic E-state index is 13.4. The predicted molar refractivity (Wildman–Crippen MR) is 70.9 cm³/mol. The third-order valence-corrected chi connectivity index (χ3v) is 3.00. The van der Waals surface area contributed by atoms with Gasteiger partial charge in [0.05, 0.1) is 5.52 Å². The molecule has 3 aromatic rings. The fourth-order valence-corrected chi connectivity index (χ4v) is 2.24. The van der Waals surface area contributed by atoms with Gasteiger partial charge in [-0.05, 0) is 24.6 Å². The monoisotopic (exact) mass is 260 g/mol. The second-order valence-corrected chi connectivity index (χ2v) is 4.27. The Bertz CT molecular complexity index is 751. The quantitative estimate of drug-likeness (QED) is 0.554. The molecule has 2 aromatic heterocycles. The third kappa shape index (κ3) is 1.78. The minimum Gasteiger partial charge on any atom is -0.324 e. The van der Waals surface area contributed by atoms with E-state index in [1.165, 1.54) is 12.1 Å². The van der Waals surface area contributed by atoms with Gasteiger partial charge < -0.3 is 4.57 Å². The zero-order valence-corrected chi connectivity index (χ0v) is 10.4. The second kappa shape index (κ2) is 4.43. The summed E-state index contributed by atoms with van der Waals surface area (Å²) in [7, 11) is 0. The molecule has 0 fully saturated rings. The number of nitrogens with two attached hydrogens (primary N) is 1. The van der Waals surface area contributed by atoms with Crippen molar-refractivity contribution in [2.75, 3.05) is 5.43 Å². The summed E-state index contributed by atoms with van der Waals surface area (Å²) in [4.78, 5) is 4.31. The first-order valence-corrected chi connectivity index (χ1v) is 6.03. The number of fused-ring (bicyclic) bond motifs is 3. The first-order valence-electron chi connectivity index (χ1n) is 6.03. The molecular formula is C12H13FN6. The van der Waals surface area contributed by atoms with Crippen molar-refractivity contribution in [2.24, 2.45) is 5.84 Å². The fraction of sp³-hybridized carbons (Fsp3) is 0.250. The molecule has 0 aliphatic carbocycles. The smallest absolute Gasteiger partial charge is 0.258 e. The Morgan fingerprint density at radius 3 is 2.95 bits per heavy atom. The van der Waals surface area contributed by atoms with E-state index < -0.39 is 0 Å². The number of aromatic nitrogens is 4. The summed E-state index contributed by atoms with van der Waals surface area (Å²) in [5.74, 6) is 5.24. The van der Waals surface area contributed by atoms with Gasteiger partial charge >= 0.3 is 0 Å². The summed E-state index contributed by atoms with van der Waals surface area (Å²) in [6, 6.07) is 4.62. The van der Waals surface area contributed by atoms with Gasteiger partial charge in [-0.1, -0.05) is 6.92 Å². The van der Waals surface area contributed by atoms with Crippen molar-refractivity contribution in [3.8, 4) is 0 Å². The number of nitrogens with one attached hydrogen (secondary N) is 1. The van der Waals surface area contributed by atoms with Gasteiger partial charge in [0.2, 0.25) is 0 Å². The lowest BCUT2D eigenvalue weighted by Gasteiger charge is -2.04. The average Bonchev–Trinajstić information content (AvgIpc) is 2.72. The normalized spacial score (nSPS) is 11.3. The molecule has 3 rings (SSSR count). The van der Waals surface area contributed by atoms with Crippen LogP contribution >= 0.6 is 0 Å². The van der Waals surface area contributed by atoms with Crippen LogP contribution in [0.3, 0.4) is 0 Å². The molecule has 7 heteroatoms. The standard InChI is InChI=1S/C12H13FN6/c1-2-5-19-9-4-3-7(13)6-8(9)10-11(19)15-12(16-14)18-17-10/h3-4,6H,2,5,14H2,1H3,(H,15,16,18). The molecule has 0 saturated carbocycles. The Morgan fingerprint density at radius 2 is 2.21 bits per heavy atom. The first kappa shape index (κ1) is 11.8. The van der Waals surface area contributed by atoms with Gasteiger partial charge in [0, 0.05) is 11.9 Å². The van der Waals surface area contributed by atoms with E-state index >= 15 is 0 Å². The van der Waals surface area contributed by atoms with Crippen molar-refractivity contribution in [1.29, 1.82) is 0 Å². The van der Waals surface area contributed by atoms with Crippen LogP contribution in [0, 0.1) is 5.82 Å². The number of aryl methyl sites for hydroxylation is 1. The fourth-order valence-electron chi connectivity index (χ4n) is 2.24. The minimum atomic E-state index is -0.300. The number of rotatable bonds is 3. The van der Waals surface area contributed by atoms with Gasteiger partial charge in [0.15, 0.2) is 5.65 Å². The summed E-state index contributed by atoms with van der Waals surface area (Å²) >= 11 is 0. The third-order valence-electron chi connectivity index (χ3n) is 3.00. The van der Waals surface area contributed by atoms with Crippen LogP contribution in [-0.4, -0.2) is 19.7 Å². The highest BCUT2D eigenvalue weighted by molar-refractivity contribution is 6.04. The molecule has 0 aliphatic rings. The summed E-state index contributed by atoms with van der Waals surface area (Å²) in [5.41, 5.74) is 4.51. The highest BCUT2D eigenvalue weighted by Gasteiger charge is 2.14. The van der Waals surface area contributed by atoms with E-state index in [0.717, 1.165) is 18.5 Å². The molecule has 0 spiro atoms. The molecule has 0 amide bonds. The summed E-state index contributed by atoms with van der Waals surface area (Å²) in [5, 5.41) is 8.64. The van der Waals surface area contributed by atoms with Gasteiger partial charge in [-0.25, -0.2) is 10.2 Å². The molecular weight excluding hydrogens is 247 g/mol. The van der Waals surface area contributed by atoms with E-state index in [2.05, 4.69) is 27.5 Å². The van der Waals surface area contributed by atoms with Crippen LogP contribution < -0.4 is 11.3 Å². The van der Waals surface area contributed by atoms with E-state index in [4.69, 9.17) is 5.84 Å². The molecule has 0 radical (unpaired) electrons. The van der Waals surface area contributed by atoms with Crippen LogP contribution in [0.15, 0.2) is 18.2 Å². The molecule has 2 heterocycles. The van der Waals surface area contributed by atoms with Crippen molar-refractivity contribution >= 4 is 28.0 Å². The van der Waals surface area contributed by atoms with Crippen LogP contribution in [0.25, 0.3) is 22.1 Å². The van der Waals surface area contributed by atoms with E-state index in [1.807, 2.05) is 4.57 Å². The van der Waals surface area contributed by atoms with Crippen LogP contribution in [-0.2, 0) is 6.54 Å². The number of hydrogen-bond donors (Lipinski definition) is 2. The van der Waals surface area contributed by atoms with Crippen LogP contribution in [0.2, 0.25) is 0 Å². The largest absolute Gasteiger partial charge is 0.324 e. The highest BCUT2D eigenvalue weighted by Crippen LogP contribution is 2.27. The first-order chi connectivity index (χ1) is 9.24. The molecule has 3 N–H and O–H groups in total. The van der Waals surface area contributed by atoms with E-state index in [1.54, 1.807) is 6.07 Å². The van der Waals surface area contributed by atoms with Gasteiger partial charge in [0.25, 0.3) is 5.95 Å². The van der Waals surface area contributed by atoms with E-state index in [0.29, 0.717) is 16.6 Å². The molecule has 6 nitrogen and oxygen atoms in total. The van der Waals surface area contributed by atoms with Crippen molar-refractivity contribution in [2.45, 2.75) is 19.9 Å². The Balaban J connectivity index is 2.42. The number of anilines is 1. The summed E-state index contributed by atoms with van der Waals surface area (Å²) in [6.07, 6.45) is 0.936. The van der Waals surface area contributed by atoms with Gasteiger partial charge in [0.1, 0.15) is 11.3 Å². The molecule has 0 saturated heterocycles. The molecule has 0 aliphatic heterocycles.